The zero-order valence-electron chi connectivity index (χ0n) is 8.66. The van der Waals surface area contributed by atoms with E-state index in [0.29, 0.717) is 0 Å². The van der Waals surface area contributed by atoms with Gasteiger partial charge >= 0.3 is 0 Å². The Labute approximate surface area is 82.4 Å². The van der Waals surface area contributed by atoms with E-state index in [1.165, 1.54) is 6.42 Å². The van der Waals surface area contributed by atoms with Gasteiger partial charge in [-0.05, 0) is 18.9 Å². The third kappa shape index (κ3) is 11.0. The summed E-state index contributed by atoms with van der Waals surface area (Å²) in [6.45, 7) is 4.29. The fourth-order valence-corrected chi connectivity index (χ4v) is 0.768. The number of rotatable bonds is 6. The smallest absolute Gasteiger partial charge is 0.0184 e. The first-order valence-electron chi connectivity index (χ1n) is 4.97. The fraction of sp³-hybridized carbons (Fsp3) is 0.385. The van der Waals surface area contributed by atoms with Gasteiger partial charge in [-0.2, -0.15) is 0 Å². The van der Waals surface area contributed by atoms with Gasteiger partial charge in [-0.25, -0.2) is 0 Å². The molecule has 0 aromatic rings. The summed E-state index contributed by atoms with van der Waals surface area (Å²) in [5.41, 5.74) is 0. The van der Waals surface area contributed by atoms with Crippen LogP contribution in [-0.4, -0.2) is 0 Å². The summed E-state index contributed by atoms with van der Waals surface area (Å²) in [5.74, 6) is 0. The maximum atomic E-state index is 3.05. The van der Waals surface area contributed by atoms with Crippen LogP contribution in [0.25, 0.3) is 0 Å². The van der Waals surface area contributed by atoms with E-state index in [9.17, 15) is 0 Å². The average molecular weight is 175 g/mol. The Morgan fingerprint density at radius 1 is 1.00 bits per heavy atom. The summed E-state index contributed by atoms with van der Waals surface area (Å²) < 4.78 is 0. The van der Waals surface area contributed by atoms with E-state index >= 15 is 0 Å². The number of hydrogen-bond acceptors (Lipinski definition) is 0. The minimum absolute atomic E-state index is 1.08. The van der Waals surface area contributed by atoms with Crippen LogP contribution < -0.4 is 0 Å². The summed E-state index contributed by atoms with van der Waals surface area (Å²) >= 11 is 0. The standard InChI is InChI=1S/C13H19/c1-3-5-7-9-11-13-12-10-8-6-4-2/h5,7-10,12-13H,3-4,6H2,1-2H3. The van der Waals surface area contributed by atoms with Crippen molar-refractivity contribution >= 4 is 0 Å². The molecule has 0 spiro atoms. The Morgan fingerprint density at radius 2 is 1.85 bits per heavy atom. The number of hydrogen-bond donors (Lipinski definition) is 0. The van der Waals surface area contributed by atoms with Gasteiger partial charge in [0.15, 0.2) is 0 Å². The first-order chi connectivity index (χ1) is 6.41. The Balaban J connectivity index is 3.50. The number of allylic oxidation sites excluding steroid dienone is 8. The quantitative estimate of drug-likeness (QED) is 0.530. The molecule has 0 amide bonds. The van der Waals surface area contributed by atoms with Gasteiger partial charge in [0.2, 0.25) is 0 Å². The van der Waals surface area contributed by atoms with Crippen molar-refractivity contribution in [3.8, 4) is 0 Å². The predicted octanol–water partition coefficient (Wildman–Crippen LogP) is 4.22. The largest absolute Gasteiger partial charge is 0.0848 e. The van der Waals surface area contributed by atoms with E-state index in [1.54, 1.807) is 0 Å². The van der Waals surface area contributed by atoms with E-state index < -0.39 is 0 Å². The molecule has 0 aromatic heterocycles. The van der Waals surface area contributed by atoms with Crippen LogP contribution in [-0.2, 0) is 0 Å². The van der Waals surface area contributed by atoms with E-state index in [4.69, 9.17) is 0 Å². The van der Waals surface area contributed by atoms with Crippen LogP contribution in [0.15, 0.2) is 42.5 Å². The lowest BCUT2D eigenvalue weighted by Gasteiger charge is -1.79. The van der Waals surface area contributed by atoms with Crippen LogP contribution in [0, 0.1) is 6.08 Å². The molecule has 0 N–H and O–H groups in total. The highest BCUT2D eigenvalue weighted by molar-refractivity contribution is 5.10. The maximum Gasteiger partial charge on any atom is -0.0184 e. The molecule has 0 rings (SSSR count). The minimum atomic E-state index is 1.08. The molecule has 0 aliphatic heterocycles. The lowest BCUT2D eigenvalue weighted by atomic mass is 10.3. The van der Waals surface area contributed by atoms with Gasteiger partial charge in [-0.15, -0.1) is 0 Å². The summed E-state index contributed by atoms with van der Waals surface area (Å²) in [6.07, 6.45) is 20.7. The third-order valence-electron chi connectivity index (χ3n) is 1.46. The van der Waals surface area contributed by atoms with Crippen LogP contribution in [0.4, 0.5) is 0 Å². The van der Waals surface area contributed by atoms with Crippen LogP contribution in [0.3, 0.4) is 0 Å². The molecule has 0 aliphatic carbocycles. The second-order valence-corrected chi connectivity index (χ2v) is 2.75. The second kappa shape index (κ2) is 11.0. The number of unbranched alkanes of at least 4 members (excludes halogenated alkanes) is 1. The van der Waals surface area contributed by atoms with Crippen LogP contribution in [0.5, 0.6) is 0 Å². The lowest BCUT2D eigenvalue weighted by Crippen LogP contribution is -1.58. The van der Waals surface area contributed by atoms with Crippen molar-refractivity contribution in [3.63, 3.8) is 0 Å². The Bertz CT molecular complexity index is 192. The van der Waals surface area contributed by atoms with Crippen molar-refractivity contribution < 1.29 is 0 Å². The van der Waals surface area contributed by atoms with Gasteiger partial charge in [-0.3, -0.25) is 0 Å². The summed E-state index contributed by atoms with van der Waals surface area (Å²) in [6, 6.07) is 0. The lowest BCUT2D eigenvalue weighted by molar-refractivity contribution is 0.959. The monoisotopic (exact) mass is 175 g/mol. The first kappa shape index (κ1) is 12.0. The van der Waals surface area contributed by atoms with E-state index in [1.807, 2.05) is 24.3 Å². The Kier molecular flexibility index (Phi) is 10.1. The van der Waals surface area contributed by atoms with E-state index in [-0.39, 0.29) is 0 Å². The molecule has 0 unspecified atom stereocenters. The molecule has 0 heteroatoms. The molecular formula is C13H19. The molecule has 0 saturated heterocycles. The molecule has 13 heavy (non-hydrogen) atoms. The van der Waals surface area contributed by atoms with Gasteiger partial charge in [-0.1, -0.05) is 62.8 Å². The van der Waals surface area contributed by atoms with Gasteiger partial charge < -0.3 is 0 Å². The van der Waals surface area contributed by atoms with Crippen molar-refractivity contribution in [3.05, 3.63) is 48.6 Å². The maximum absolute atomic E-state index is 3.05. The average Bonchev–Trinajstić information content (AvgIpc) is 2.16. The molecule has 0 nitrogen and oxygen atoms in total. The second-order valence-electron chi connectivity index (χ2n) is 2.75. The SMILES string of the molecule is CCC=C/C=[C]/C=CC=CCCC. The molecular weight excluding hydrogens is 156 g/mol. The van der Waals surface area contributed by atoms with E-state index in [0.717, 1.165) is 12.8 Å². The zero-order chi connectivity index (χ0) is 9.78. The molecule has 71 valence electrons. The third-order valence-corrected chi connectivity index (χ3v) is 1.46. The van der Waals surface area contributed by atoms with Crippen LogP contribution in [0.1, 0.15) is 33.1 Å². The Morgan fingerprint density at radius 3 is 2.54 bits per heavy atom. The van der Waals surface area contributed by atoms with Crippen LogP contribution in [0.2, 0.25) is 0 Å². The predicted molar refractivity (Wildman–Crippen MR) is 60.4 cm³/mol. The van der Waals surface area contributed by atoms with Crippen molar-refractivity contribution in [1.82, 2.24) is 0 Å². The Hall–Kier alpha value is -1.04. The normalized spacial score (nSPS) is 13.1. The van der Waals surface area contributed by atoms with Crippen molar-refractivity contribution in [2.45, 2.75) is 33.1 Å². The highest BCUT2D eigenvalue weighted by Crippen LogP contribution is 1.89. The summed E-state index contributed by atoms with van der Waals surface area (Å²) in [7, 11) is 0. The highest BCUT2D eigenvalue weighted by Gasteiger charge is 1.68. The van der Waals surface area contributed by atoms with Gasteiger partial charge in [0, 0.05) is 0 Å². The van der Waals surface area contributed by atoms with Crippen LogP contribution >= 0.6 is 0 Å². The fourth-order valence-electron chi connectivity index (χ4n) is 0.768. The zero-order valence-corrected chi connectivity index (χ0v) is 8.66. The molecule has 0 aliphatic rings. The van der Waals surface area contributed by atoms with Crippen molar-refractivity contribution in [1.29, 1.82) is 0 Å². The van der Waals surface area contributed by atoms with E-state index in [2.05, 4.69) is 38.2 Å². The molecule has 1 radical (unpaired) electrons. The van der Waals surface area contributed by atoms with Gasteiger partial charge in [0.25, 0.3) is 0 Å². The van der Waals surface area contributed by atoms with Gasteiger partial charge in [0.05, 0.1) is 0 Å². The highest BCUT2D eigenvalue weighted by atomic mass is 13.8. The summed E-state index contributed by atoms with van der Waals surface area (Å²) in [5, 5.41) is 0. The minimum Gasteiger partial charge on any atom is -0.0848 e. The molecule has 0 heterocycles. The van der Waals surface area contributed by atoms with Crippen molar-refractivity contribution in [2.24, 2.45) is 0 Å². The molecule has 0 bridgehead atoms. The topological polar surface area (TPSA) is 0 Å². The summed E-state index contributed by atoms with van der Waals surface area (Å²) in [4.78, 5) is 0. The molecule has 0 fully saturated rings. The molecule has 0 atom stereocenters. The first-order valence-corrected chi connectivity index (χ1v) is 4.97. The molecule has 0 saturated carbocycles. The molecule has 0 aromatic carbocycles. The van der Waals surface area contributed by atoms with Crippen molar-refractivity contribution in [2.75, 3.05) is 0 Å². The van der Waals surface area contributed by atoms with Gasteiger partial charge in [0.1, 0.15) is 0 Å².